The zero-order valence-electron chi connectivity index (χ0n) is 9.45. The number of hydrogen-bond donors (Lipinski definition) is 1. The summed E-state index contributed by atoms with van der Waals surface area (Å²) in [5.74, 6) is -0.518. The largest absolute Gasteiger partial charge is 0.478 e. The SMILES string of the molecule is CCC(CC)c1cc(C(=O)O)cc(C)n1. The molecule has 1 heterocycles. The predicted octanol–water partition coefficient (Wildman–Crippen LogP) is 2.99. The van der Waals surface area contributed by atoms with Gasteiger partial charge in [-0.3, -0.25) is 4.98 Å². The first kappa shape index (κ1) is 11.7. The molecule has 0 unspecified atom stereocenters. The van der Waals surface area contributed by atoms with Crippen LogP contribution < -0.4 is 0 Å². The van der Waals surface area contributed by atoms with E-state index in [0.29, 0.717) is 11.5 Å². The van der Waals surface area contributed by atoms with Crippen LogP contribution >= 0.6 is 0 Å². The zero-order chi connectivity index (χ0) is 11.4. The number of nitrogens with zero attached hydrogens (tertiary/aromatic N) is 1. The van der Waals surface area contributed by atoms with Crippen molar-refractivity contribution in [2.45, 2.75) is 39.5 Å². The monoisotopic (exact) mass is 207 g/mol. The third kappa shape index (κ3) is 2.78. The zero-order valence-corrected chi connectivity index (χ0v) is 9.45. The van der Waals surface area contributed by atoms with Crippen LogP contribution in [0.2, 0.25) is 0 Å². The molecule has 3 heteroatoms. The summed E-state index contributed by atoms with van der Waals surface area (Å²) in [5, 5.41) is 8.93. The Labute approximate surface area is 90.2 Å². The molecule has 0 aliphatic rings. The van der Waals surface area contributed by atoms with Gasteiger partial charge in [0.2, 0.25) is 0 Å². The molecule has 0 aliphatic carbocycles. The number of carbonyl (C=O) groups is 1. The third-order valence-electron chi connectivity index (χ3n) is 2.62. The number of rotatable bonds is 4. The van der Waals surface area contributed by atoms with Crippen molar-refractivity contribution in [3.63, 3.8) is 0 Å². The van der Waals surface area contributed by atoms with Crippen LogP contribution in [0, 0.1) is 6.92 Å². The predicted molar refractivity (Wildman–Crippen MR) is 59.3 cm³/mol. The fourth-order valence-electron chi connectivity index (χ4n) is 1.73. The van der Waals surface area contributed by atoms with E-state index >= 15 is 0 Å². The van der Waals surface area contributed by atoms with Gasteiger partial charge in [-0.2, -0.15) is 0 Å². The second-order valence-corrected chi connectivity index (χ2v) is 3.74. The van der Waals surface area contributed by atoms with Crippen molar-refractivity contribution in [3.05, 3.63) is 29.1 Å². The molecule has 15 heavy (non-hydrogen) atoms. The van der Waals surface area contributed by atoms with Crippen LogP contribution in [0.4, 0.5) is 0 Å². The van der Waals surface area contributed by atoms with Crippen molar-refractivity contribution in [2.75, 3.05) is 0 Å². The van der Waals surface area contributed by atoms with E-state index in [-0.39, 0.29) is 0 Å². The third-order valence-corrected chi connectivity index (χ3v) is 2.62. The highest BCUT2D eigenvalue weighted by atomic mass is 16.4. The molecule has 0 aromatic carbocycles. The average Bonchev–Trinajstić information content (AvgIpc) is 2.18. The van der Waals surface area contributed by atoms with Crippen LogP contribution in [-0.4, -0.2) is 16.1 Å². The van der Waals surface area contributed by atoms with Crippen LogP contribution in [0.1, 0.15) is 54.4 Å². The van der Waals surface area contributed by atoms with Gasteiger partial charge in [0, 0.05) is 17.3 Å². The summed E-state index contributed by atoms with van der Waals surface area (Å²) in [5.41, 5.74) is 2.01. The van der Waals surface area contributed by atoms with Gasteiger partial charge >= 0.3 is 5.97 Å². The molecule has 82 valence electrons. The fourth-order valence-corrected chi connectivity index (χ4v) is 1.73. The molecule has 1 rings (SSSR count). The quantitative estimate of drug-likeness (QED) is 0.825. The molecular weight excluding hydrogens is 190 g/mol. The maximum absolute atomic E-state index is 10.9. The Morgan fingerprint density at radius 3 is 2.47 bits per heavy atom. The molecule has 0 saturated carbocycles. The van der Waals surface area contributed by atoms with Crippen molar-refractivity contribution in [1.82, 2.24) is 4.98 Å². The summed E-state index contributed by atoms with van der Waals surface area (Å²) >= 11 is 0. The Hall–Kier alpha value is -1.38. The molecule has 3 nitrogen and oxygen atoms in total. The molecule has 0 bridgehead atoms. The average molecular weight is 207 g/mol. The van der Waals surface area contributed by atoms with Gasteiger partial charge in [0.05, 0.1) is 5.56 Å². The van der Waals surface area contributed by atoms with Gasteiger partial charge in [0.1, 0.15) is 0 Å². The van der Waals surface area contributed by atoms with E-state index < -0.39 is 5.97 Å². The Balaban J connectivity index is 3.13. The molecule has 0 atom stereocenters. The van der Waals surface area contributed by atoms with E-state index in [1.54, 1.807) is 12.1 Å². The van der Waals surface area contributed by atoms with Gasteiger partial charge in [-0.15, -0.1) is 0 Å². The van der Waals surface area contributed by atoms with Gasteiger partial charge < -0.3 is 5.11 Å². The molecule has 0 spiro atoms. The van der Waals surface area contributed by atoms with E-state index in [2.05, 4.69) is 18.8 Å². The summed E-state index contributed by atoms with van der Waals surface area (Å²) in [6, 6.07) is 3.29. The minimum absolute atomic E-state index is 0.337. The van der Waals surface area contributed by atoms with Gasteiger partial charge in [0.15, 0.2) is 0 Å². The van der Waals surface area contributed by atoms with Crippen LogP contribution in [0.3, 0.4) is 0 Å². The molecule has 0 fully saturated rings. The Morgan fingerprint density at radius 1 is 1.40 bits per heavy atom. The van der Waals surface area contributed by atoms with E-state index in [1.807, 2.05) is 6.92 Å². The Bertz CT molecular complexity index is 357. The van der Waals surface area contributed by atoms with Gasteiger partial charge in [0.25, 0.3) is 0 Å². The first-order valence-corrected chi connectivity index (χ1v) is 5.30. The van der Waals surface area contributed by atoms with Crippen molar-refractivity contribution in [1.29, 1.82) is 0 Å². The van der Waals surface area contributed by atoms with Gasteiger partial charge in [-0.1, -0.05) is 13.8 Å². The van der Waals surface area contributed by atoms with E-state index in [0.717, 1.165) is 24.2 Å². The lowest BCUT2D eigenvalue weighted by atomic mass is 9.97. The first-order valence-electron chi connectivity index (χ1n) is 5.30. The highest BCUT2D eigenvalue weighted by Gasteiger charge is 2.12. The van der Waals surface area contributed by atoms with Crippen LogP contribution in [0.5, 0.6) is 0 Å². The minimum Gasteiger partial charge on any atom is -0.478 e. The molecule has 1 aromatic rings. The van der Waals surface area contributed by atoms with E-state index in [4.69, 9.17) is 5.11 Å². The molecular formula is C12H17NO2. The van der Waals surface area contributed by atoms with Gasteiger partial charge in [-0.05, 0) is 31.9 Å². The smallest absolute Gasteiger partial charge is 0.335 e. The Morgan fingerprint density at radius 2 is 2.00 bits per heavy atom. The fraction of sp³-hybridized carbons (Fsp3) is 0.500. The summed E-state index contributed by atoms with van der Waals surface area (Å²) in [6.45, 7) is 6.02. The summed E-state index contributed by atoms with van der Waals surface area (Å²) in [7, 11) is 0. The molecule has 0 aliphatic heterocycles. The lowest BCUT2D eigenvalue weighted by Crippen LogP contribution is -2.05. The number of carboxylic acid groups (broad SMARTS) is 1. The second-order valence-electron chi connectivity index (χ2n) is 3.74. The molecule has 0 saturated heterocycles. The lowest BCUT2D eigenvalue weighted by Gasteiger charge is -2.12. The van der Waals surface area contributed by atoms with Crippen molar-refractivity contribution in [2.24, 2.45) is 0 Å². The molecule has 0 amide bonds. The van der Waals surface area contributed by atoms with E-state index in [9.17, 15) is 4.79 Å². The van der Waals surface area contributed by atoms with Crippen molar-refractivity contribution < 1.29 is 9.90 Å². The number of pyridine rings is 1. The number of aryl methyl sites for hydroxylation is 1. The first-order chi connectivity index (χ1) is 7.08. The maximum atomic E-state index is 10.9. The normalized spacial score (nSPS) is 10.7. The highest BCUT2D eigenvalue weighted by Crippen LogP contribution is 2.22. The highest BCUT2D eigenvalue weighted by molar-refractivity contribution is 5.87. The van der Waals surface area contributed by atoms with Crippen LogP contribution in [0.15, 0.2) is 12.1 Å². The van der Waals surface area contributed by atoms with Crippen molar-refractivity contribution in [3.8, 4) is 0 Å². The standard InChI is InChI=1S/C12H17NO2/c1-4-9(5-2)11-7-10(12(14)15)6-8(3)13-11/h6-7,9H,4-5H2,1-3H3,(H,14,15). The van der Waals surface area contributed by atoms with Crippen molar-refractivity contribution >= 4 is 5.97 Å². The maximum Gasteiger partial charge on any atom is 0.335 e. The molecule has 1 aromatic heterocycles. The summed E-state index contributed by atoms with van der Waals surface area (Å²) < 4.78 is 0. The molecule has 0 radical (unpaired) electrons. The number of aromatic nitrogens is 1. The summed E-state index contributed by atoms with van der Waals surface area (Å²) in [6.07, 6.45) is 1.98. The van der Waals surface area contributed by atoms with Crippen LogP contribution in [-0.2, 0) is 0 Å². The van der Waals surface area contributed by atoms with Gasteiger partial charge in [-0.25, -0.2) is 4.79 Å². The number of aromatic carboxylic acids is 1. The topological polar surface area (TPSA) is 50.2 Å². The minimum atomic E-state index is -0.882. The second kappa shape index (κ2) is 4.91. The number of hydrogen-bond acceptors (Lipinski definition) is 2. The lowest BCUT2D eigenvalue weighted by molar-refractivity contribution is 0.0696. The van der Waals surface area contributed by atoms with Crippen LogP contribution in [0.25, 0.3) is 0 Å². The number of carboxylic acids is 1. The molecule has 1 N–H and O–H groups in total. The summed E-state index contributed by atoms with van der Waals surface area (Å²) in [4.78, 5) is 15.3. The Kier molecular flexibility index (Phi) is 3.83. The van der Waals surface area contributed by atoms with E-state index in [1.165, 1.54) is 0 Å².